The summed E-state index contributed by atoms with van der Waals surface area (Å²) in [5.41, 5.74) is -0.781. The highest BCUT2D eigenvalue weighted by Crippen LogP contribution is 2.16. The predicted molar refractivity (Wildman–Crippen MR) is 73.4 cm³/mol. The number of carbonyl (C=O) groups excluding carboxylic acids is 1. The van der Waals surface area contributed by atoms with Crippen molar-refractivity contribution in [3.05, 3.63) is 0 Å². The Morgan fingerprint density at radius 2 is 1.58 bits per heavy atom. The smallest absolute Gasteiger partial charge is 0.324 e. The third kappa shape index (κ3) is 8.99. The highest BCUT2D eigenvalue weighted by Gasteiger charge is 2.32. The van der Waals surface area contributed by atoms with Gasteiger partial charge >= 0.3 is 5.97 Å². The number of rotatable bonds is 6. The molecule has 0 aliphatic rings. The fourth-order valence-corrected chi connectivity index (χ4v) is 3.09. The molecule has 8 heteroatoms. The van der Waals surface area contributed by atoms with Crippen molar-refractivity contribution >= 4 is 25.6 Å². The summed E-state index contributed by atoms with van der Waals surface area (Å²) in [6, 6.07) is 0. The summed E-state index contributed by atoms with van der Waals surface area (Å²) in [4.78, 5) is 11.8. The van der Waals surface area contributed by atoms with E-state index in [1.807, 2.05) is 0 Å². The topological polar surface area (TPSA) is 94.6 Å². The van der Waals surface area contributed by atoms with Crippen LogP contribution in [0.25, 0.3) is 0 Å². The van der Waals surface area contributed by atoms with Crippen LogP contribution >= 0.6 is 0 Å². The quantitative estimate of drug-likeness (QED) is 0.665. The zero-order chi connectivity index (χ0) is 15.5. The Morgan fingerprint density at radius 1 is 1.11 bits per heavy atom. The largest absolute Gasteiger partial charge is 0.459 e. The summed E-state index contributed by atoms with van der Waals surface area (Å²) in [7, 11) is -6.80. The van der Waals surface area contributed by atoms with Gasteiger partial charge in [-0.25, -0.2) is 16.8 Å². The Morgan fingerprint density at radius 3 is 1.89 bits per heavy atom. The van der Waals surface area contributed by atoms with E-state index in [0.29, 0.717) is 0 Å². The lowest BCUT2D eigenvalue weighted by Crippen LogP contribution is -2.36. The summed E-state index contributed by atoms with van der Waals surface area (Å²) in [6.07, 6.45) is 2.06. The Balaban J connectivity index is 4.81. The fourth-order valence-electron chi connectivity index (χ4n) is 1.41. The zero-order valence-electron chi connectivity index (χ0n) is 12.0. The van der Waals surface area contributed by atoms with E-state index in [4.69, 9.17) is 4.74 Å². The molecule has 0 saturated carbocycles. The molecule has 0 aromatic rings. The molecule has 1 atom stereocenters. The molecule has 0 aromatic carbocycles. The molecule has 114 valence electrons. The van der Waals surface area contributed by atoms with Gasteiger partial charge in [-0.2, -0.15) is 0 Å². The highest BCUT2D eigenvalue weighted by atomic mass is 32.2. The minimum atomic E-state index is -3.62. The summed E-state index contributed by atoms with van der Waals surface area (Å²) in [5.74, 6) is -0.981. The maximum atomic E-state index is 11.8. The predicted octanol–water partition coefficient (Wildman–Crippen LogP) is 0.566. The minimum Gasteiger partial charge on any atom is -0.459 e. The number of carbonyl (C=O) groups is 1. The number of esters is 1. The van der Waals surface area contributed by atoms with Crippen molar-refractivity contribution < 1.29 is 26.4 Å². The number of ether oxygens (including phenoxy) is 1. The molecular weight excluding hydrogens is 292 g/mol. The monoisotopic (exact) mass is 314 g/mol. The molecule has 0 heterocycles. The van der Waals surface area contributed by atoms with Gasteiger partial charge in [0.25, 0.3) is 0 Å². The third-order valence-electron chi connectivity index (χ3n) is 2.17. The molecule has 0 rings (SSSR count). The normalized spacial score (nSPS) is 15.0. The first-order chi connectivity index (χ1) is 8.22. The number of hydrogen-bond donors (Lipinski definition) is 0. The fraction of sp³-hybridized carbons (Fsp3) is 0.909. The van der Waals surface area contributed by atoms with E-state index in [0.717, 1.165) is 12.5 Å². The first-order valence-corrected chi connectivity index (χ1v) is 9.83. The molecule has 19 heavy (non-hydrogen) atoms. The molecule has 0 aliphatic carbocycles. The Bertz CT molecular complexity index is 510. The van der Waals surface area contributed by atoms with Crippen LogP contribution in [-0.2, 0) is 29.2 Å². The average Bonchev–Trinajstić information content (AvgIpc) is 2.04. The van der Waals surface area contributed by atoms with Crippen LogP contribution in [0, 0.1) is 0 Å². The van der Waals surface area contributed by atoms with Crippen molar-refractivity contribution in [2.24, 2.45) is 0 Å². The third-order valence-corrected chi connectivity index (χ3v) is 4.66. The van der Waals surface area contributed by atoms with E-state index in [-0.39, 0.29) is 18.6 Å². The Hall–Kier alpha value is -0.630. The second kappa shape index (κ2) is 6.21. The molecule has 0 radical (unpaired) electrons. The average molecular weight is 314 g/mol. The summed E-state index contributed by atoms with van der Waals surface area (Å²) in [5, 5.41) is -1.31. The van der Waals surface area contributed by atoms with Crippen LogP contribution in [0.4, 0.5) is 0 Å². The van der Waals surface area contributed by atoms with Crippen molar-refractivity contribution in [2.45, 2.75) is 44.5 Å². The highest BCUT2D eigenvalue weighted by molar-refractivity contribution is 7.92. The van der Waals surface area contributed by atoms with Crippen LogP contribution in [0.15, 0.2) is 0 Å². The molecule has 0 amide bonds. The standard InChI is InChI=1S/C11H22O6S2/c1-11(2,3)17-10(12)9(19(5,15)16)7-6-8-18(4,13)14/h9H,6-8H2,1-5H3/t9-/m1/s1. The first kappa shape index (κ1) is 18.4. The van der Waals surface area contributed by atoms with E-state index < -0.39 is 36.5 Å². The summed E-state index contributed by atoms with van der Waals surface area (Å²) in [6.45, 7) is 4.92. The molecule has 0 unspecified atom stereocenters. The lowest BCUT2D eigenvalue weighted by atomic mass is 10.2. The van der Waals surface area contributed by atoms with Crippen molar-refractivity contribution in [3.8, 4) is 0 Å². The van der Waals surface area contributed by atoms with Gasteiger partial charge < -0.3 is 4.74 Å². The van der Waals surface area contributed by atoms with Gasteiger partial charge in [0, 0.05) is 18.3 Å². The van der Waals surface area contributed by atoms with Crippen molar-refractivity contribution in [1.82, 2.24) is 0 Å². The maximum Gasteiger partial charge on any atom is 0.324 e. The van der Waals surface area contributed by atoms with Crippen LogP contribution < -0.4 is 0 Å². The van der Waals surface area contributed by atoms with E-state index in [1.54, 1.807) is 20.8 Å². The van der Waals surface area contributed by atoms with Crippen LogP contribution in [-0.4, -0.2) is 51.9 Å². The van der Waals surface area contributed by atoms with Crippen molar-refractivity contribution in [1.29, 1.82) is 0 Å². The van der Waals surface area contributed by atoms with E-state index in [1.165, 1.54) is 0 Å². The van der Waals surface area contributed by atoms with Crippen LogP contribution in [0.5, 0.6) is 0 Å². The SMILES string of the molecule is CC(C)(C)OC(=O)[C@@H](CCCS(C)(=O)=O)S(C)(=O)=O. The second-order valence-corrected chi connectivity index (χ2v) is 10.1. The number of hydrogen-bond acceptors (Lipinski definition) is 6. The molecule has 6 nitrogen and oxygen atoms in total. The molecule has 0 saturated heterocycles. The van der Waals surface area contributed by atoms with Gasteiger partial charge in [0.05, 0.1) is 0 Å². The number of sulfone groups is 2. The molecule has 0 fully saturated rings. The van der Waals surface area contributed by atoms with E-state index >= 15 is 0 Å². The molecular formula is C11H22O6S2. The van der Waals surface area contributed by atoms with Gasteiger partial charge in [-0.3, -0.25) is 4.79 Å². The van der Waals surface area contributed by atoms with Gasteiger partial charge in [-0.15, -0.1) is 0 Å². The van der Waals surface area contributed by atoms with Crippen molar-refractivity contribution in [2.75, 3.05) is 18.3 Å². The minimum absolute atomic E-state index is 0.0547. The second-order valence-electron chi connectivity index (χ2n) is 5.62. The van der Waals surface area contributed by atoms with Crippen molar-refractivity contribution in [3.63, 3.8) is 0 Å². The van der Waals surface area contributed by atoms with Crippen LogP contribution in [0.1, 0.15) is 33.6 Å². The first-order valence-electron chi connectivity index (χ1n) is 5.82. The molecule has 0 aromatic heterocycles. The summed E-state index contributed by atoms with van der Waals surface area (Å²) < 4.78 is 50.2. The molecule has 0 aliphatic heterocycles. The van der Waals surface area contributed by atoms with E-state index in [9.17, 15) is 21.6 Å². The van der Waals surface area contributed by atoms with Crippen LogP contribution in [0.2, 0.25) is 0 Å². The van der Waals surface area contributed by atoms with Crippen LogP contribution in [0.3, 0.4) is 0 Å². The molecule has 0 N–H and O–H groups in total. The Labute approximate surface area is 115 Å². The zero-order valence-corrected chi connectivity index (χ0v) is 13.6. The maximum absolute atomic E-state index is 11.8. The van der Waals surface area contributed by atoms with Gasteiger partial charge in [0.2, 0.25) is 0 Å². The summed E-state index contributed by atoms with van der Waals surface area (Å²) >= 11 is 0. The Kier molecular flexibility index (Phi) is 6.01. The lowest BCUT2D eigenvalue weighted by molar-refractivity contribution is -0.154. The van der Waals surface area contributed by atoms with E-state index in [2.05, 4.69) is 0 Å². The molecule has 0 spiro atoms. The van der Waals surface area contributed by atoms with Gasteiger partial charge in [-0.05, 0) is 33.6 Å². The van der Waals surface area contributed by atoms with Gasteiger partial charge in [0.1, 0.15) is 15.4 Å². The van der Waals surface area contributed by atoms with Gasteiger partial charge in [-0.1, -0.05) is 0 Å². The lowest BCUT2D eigenvalue weighted by Gasteiger charge is -2.23. The molecule has 0 bridgehead atoms. The van der Waals surface area contributed by atoms with Gasteiger partial charge in [0.15, 0.2) is 15.1 Å².